The number of nitrogens with two attached hydrogens (primary N) is 1. The zero-order valence-electron chi connectivity index (χ0n) is 15.8. The third-order valence-electron chi connectivity index (χ3n) is 3.90. The number of hydrogen-bond donors (Lipinski definition) is 3. The topological polar surface area (TPSA) is 99.8 Å². The van der Waals surface area contributed by atoms with Crippen LogP contribution < -0.4 is 15.8 Å². The van der Waals surface area contributed by atoms with E-state index in [0.717, 1.165) is 18.7 Å². The molecule has 0 spiro atoms. The lowest BCUT2D eigenvalue weighted by Gasteiger charge is -2.30. The molecule has 0 heterocycles. The van der Waals surface area contributed by atoms with E-state index >= 15 is 0 Å². The van der Waals surface area contributed by atoms with Crippen LogP contribution >= 0.6 is 0 Å². The summed E-state index contributed by atoms with van der Waals surface area (Å²) >= 11 is 0. The zero-order valence-corrected chi connectivity index (χ0v) is 16.6. The maximum Gasteiger partial charge on any atom is 0.238 e. The van der Waals surface area contributed by atoms with Crippen LogP contribution in [0.15, 0.2) is 34.2 Å². The molecule has 1 aromatic rings. The minimum absolute atomic E-state index is 0.110. The van der Waals surface area contributed by atoms with Gasteiger partial charge in [-0.3, -0.25) is 9.89 Å². The van der Waals surface area contributed by atoms with E-state index in [2.05, 4.69) is 48.2 Å². The quantitative estimate of drug-likeness (QED) is 0.471. The summed E-state index contributed by atoms with van der Waals surface area (Å²) in [7, 11) is -1.98. The highest BCUT2D eigenvalue weighted by Gasteiger charge is 2.13. The first kappa shape index (κ1) is 21.4. The van der Waals surface area contributed by atoms with Crippen molar-refractivity contribution in [3.05, 3.63) is 29.8 Å². The smallest absolute Gasteiger partial charge is 0.238 e. The molecule has 1 rings (SSSR count). The van der Waals surface area contributed by atoms with E-state index in [1.54, 1.807) is 19.2 Å². The molecule has 142 valence electrons. The van der Waals surface area contributed by atoms with E-state index in [1.807, 2.05) is 6.07 Å². The number of sulfonamides is 1. The van der Waals surface area contributed by atoms with Gasteiger partial charge in [0.05, 0.1) is 4.90 Å². The summed E-state index contributed by atoms with van der Waals surface area (Å²) in [4.78, 5) is 6.70. The van der Waals surface area contributed by atoms with Crippen LogP contribution in [-0.4, -0.2) is 51.5 Å². The first-order valence-electron chi connectivity index (χ1n) is 8.47. The average molecular weight is 370 g/mol. The fourth-order valence-electron chi connectivity index (χ4n) is 2.65. The molecule has 0 aliphatic carbocycles. The molecule has 0 aliphatic heterocycles. The first-order valence-corrected chi connectivity index (χ1v) is 10.0. The number of primary sulfonamides is 1. The van der Waals surface area contributed by atoms with Gasteiger partial charge in [-0.25, -0.2) is 13.6 Å². The van der Waals surface area contributed by atoms with Crippen LogP contribution in [0.5, 0.6) is 0 Å². The SMILES string of the molecule is CN=C(NCCN(C(C)C)C(C)C)NCc1cccc(S(N)(=O)=O)c1. The summed E-state index contributed by atoms with van der Waals surface area (Å²) < 4.78 is 22.8. The lowest BCUT2D eigenvalue weighted by atomic mass is 10.2. The molecule has 8 heteroatoms. The maximum absolute atomic E-state index is 11.4. The maximum atomic E-state index is 11.4. The minimum atomic E-state index is -3.69. The van der Waals surface area contributed by atoms with E-state index in [0.29, 0.717) is 24.6 Å². The van der Waals surface area contributed by atoms with Crippen LogP contribution in [0.4, 0.5) is 0 Å². The third kappa shape index (κ3) is 7.41. The van der Waals surface area contributed by atoms with Gasteiger partial charge >= 0.3 is 0 Å². The third-order valence-corrected chi connectivity index (χ3v) is 4.81. The van der Waals surface area contributed by atoms with Crippen LogP contribution in [0.1, 0.15) is 33.3 Å². The van der Waals surface area contributed by atoms with Gasteiger partial charge in [0.1, 0.15) is 0 Å². The number of nitrogens with zero attached hydrogens (tertiary/aromatic N) is 2. The van der Waals surface area contributed by atoms with Gasteiger partial charge in [-0.15, -0.1) is 0 Å². The van der Waals surface area contributed by atoms with Crippen molar-refractivity contribution in [1.82, 2.24) is 15.5 Å². The van der Waals surface area contributed by atoms with Crippen molar-refractivity contribution in [2.45, 2.75) is 51.2 Å². The molecule has 0 unspecified atom stereocenters. The fraction of sp³-hybridized carbons (Fsp3) is 0.588. The molecule has 0 amide bonds. The Balaban J connectivity index is 2.55. The molecule has 0 radical (unpaired) electrons. The highest BCUT2D eigenvalue weighted by molar-refractivity contribution is 7.89. The molecule has 0 aliphatic rings. The summed E-state index contributed by atoms with van der Waals surface area (Å²) in [6.45, 7) is 10.9. The van der Waals surface area contributed by atoms with Crippen LogP contribution in [0, 0.1) is 0 Å². The van der Waals surface area contributed by atoms with Crippen molar-refractivity contribution < 1.29 is 8.42 Å². The molecule has 4 N–H and O–H groups in total. The second-order valence-electron chi connectivity index (χ2n) is 6.47. The van der Waals surface area contributed by atoms with E-state index in [1.165, 1.54) is 6.07 Å². The molecule has 0 atom stereocenters. The number of hydrogen-bond acceptors (Lipinski definition) is 4. The summed E-state index contributed by atoms with van der Waals surface area (Å²) in [6.07, 6.45) is 0. The number of guanidine groups is 1. The van der Waals surface area contributed by atoms with Crippen molar-refractivity contribution in [3.63, 3.8) is 0 Å². The Morgan fingerprint density at radius 2 is 1.84 bits per heavy atom. The normalized spacial score (nSPS) is 12.9. The first-order chi connectivity index (χ1) is 11.6. The van der Waals surface area contributed by atoms with Crippen LogP contribution in [0.2, 0.25) is 0 Å². The van der Waals surface area contributed by atoms with Crippen molar-refractivity contribution in [1.29, 1.82) is 0 Å². The second kappa shape index (κ2) is 9.74. The Kier molecular flexibility index (Phi) is 8.34. The molecular formula is C17H31N5O2S. The van der Waals surface area contributed by atoms with Gasteiger partial charge in [0.2, 0.25) is 10.0 Å². The van der Waals surface area contributed by atoms with Crippen molar-refractivity contribution in [2.24, 2.45) is 10.1 Å². The van der Waals surface area contributed by atoms with Gasteiger partial charge < -0.3 is 10.6 Å². The molecule has 25 heavy (non-hydrogen) atoms. The molecular weight excluding hydrogens is 338 g/mol. The monoisotopic (exact) mass is 369 g/mol. The summed E-state index contributed by atoms with van der Waals surface area (Å²) in [6, 6.07) is 7.53. The number of aliphatic imine (C=N–C) groups is 1. The average Bonchev–Trinajstić information content (AvgIpc) is 2.53. The van der Waals surface area contributed by atoms with Crippen molar-refractivity contribution in [2.75, 3.05) is 20.1 Å². The minimum Gasteiger partial charge on any atom is -0.355 e. The number of benzene rings is 1. The van der Waals surface area contributed by atoms with Gasteiger partial charge in [-0.1, -0.05) is 12.1 Å². The number of nitrogens with one attached hydrogen (secondary N) is 2. The van der Waals surface area contributed by atoms with Crippen LogP contribution in [0.25, 0.3) is 0 Å². The molecule has 1 aromatic carbocycles. The Bertz CT molecular complexity index is 663. The summed E-state index contributed by atoms with van der Waals surface area (Å²) in [5.74, 6) is 0.675. The van der Waals surface area contributed by atoms with Gasteiger partial charge in [0.25, 0.3) is 0 Å². The summed E-state index contributed by atoms with van der Waals surface area (Å²) in [5.41, 5.74) is 0.820. The second-order valence-corrected chi connectivity index (χ2v) is 8.03. The summed E-state index contributed by atoms with van der Waals surface area (Å²) in [5, 5.41) is 11.6. The Hall–Kier alpha value is -1.64. The molecule has 0 saturated heterocycles. The van der Waals surface area contributed by atoms with Gasteiger partial charge in [0, 0.05) is 38.8 Å². The molecule has 0 fully saturated rings. The lowest BCUT2D eigenvalue weighted by molar-refractivity contribution is 0.178. The predicted octanol–water partition coefficient (Wildman–Crippen LogP) is 1.12. The predicted molar refractivity (Wildman–Crippen MR) is 103 cm³/mol. The van der Waals surface area contributed by atoms with Crippen LogP contribution in [0.3, 0.4) is 0 Å². The van der Waals surface area contributed by atoms with E-state index in [4.69, 9.17) is 5.14 Å². The standard InChI is InChI=1S/C17H31N5O2S/c1-13(2)22(14(3)4)10-9-20-17(19-5)21-12-15-7-6-8-16(11-15)25(18,23)24/h6-8,11,13-14H,9-10,12H2,1-5H3,(H2,18,23,24)(H2,19,20,21). The van der Waals surface area contributed by atoms with Crippen LogP contribution in [-0.2, 0) is 16.6 Å². The van der Waals surface area contributed by atoms with E-state index in [-0.39, 0.29) is 4.90 Å². The highest BCUT2D eigenvalue weighted by atomic mass is 32.2. The molecule has 0 bridgehead atoms. The molecule has 0 saturated carbocycles. The largest absolute Gasteiger partial charge is 0.355 e. The zero-order chi connectivity index (χ0) is 19.0. The lowest BCUT2D eigenvalue weighted by Crippen LogP contribution is -2.45. The van der Waals surface area contributed by atoms with E-state index in [9.17, 15) is 8.42 Å². The highest BCUT2D eigenvalue weighted by Crippen LogP contribution is 2.09. The van der Waals surface area contributed by atoms with Gasteiger partial charge in [-0.05, 0) is 45.4 Å². The fourth-order valence-corrected chi connectivity index (χ4v) is 3.24. The number of rotatable bonds is 8. The Labute approximate surface area is 151 Å². The van der Waals surface area contributed by atoms with Gasteiger partial charge in [-0.2, -0.15) is 0 Å². The Morgan fingerprint density at radius 1 is 1.20 bits per heavy atom. The van der Waals surface area contributed by atoms with Crippen molar-refractivity contribution in [3.8, 4) is 0 Å². The van der Waals surface area contributed by atoms with Crippen molar-refractivity contribution >= 4 is 16.0 Å². The Morgan fingerprint density at radius 3 is 2.36 bits per heavy atom. The molecule has 0 aromatic heterocycles. The molecule has 7 nitrogen and oxygen atoms in total. The van der Waals surface area contributed by atoms with Gasteiger partial charge in [0.15, 0.2) is 5.96 Å². The van der Waals surface area contributed by atoms with E-state index < -0.39 is 10.0 Å².